The van der Waals surface area contributed by atoms with Gasteiger partial charge in [-0.3, -0.25) is 9.78 Å². The average Bonchev–Trinajstić information content (AvgIpc) is 3.06. The van der Waals surface area contributed by atoms with E-state index in [2.05, 4.69) is 20.4 Å². The number of hydrogen-bond donors (Lipinski definition) is 1. The molecule has 0 atom stereocenters. The Morgan fingerprint density at radius 2 is 1.95 bits per heavy atom. The number of ether oxygens (including phenoxy) is 1. The summed E-state index contributed by atoms with van der Waals surface area (Å²) in [5.41, 5.74) is 1.24. The van der Waals surface area contributed by atoms with Crippen LogP contribution in [0.4, 0.5) is 5.69 Å². The molecule has 0 aliphatic rings. The number of nitrogens with one attached hydrogen (secondary N) is 1. The van der Waals surface area contributed by atoms with Gasteiger partial charge >= 0.3 is 11.8 Å². The molecule has 3 aromatic rings. The third kappa shape index (κ3) is 2.78. The predicted octanol–water partition coefficient (Wildman–Crippen LogP) is 2.39. The van der Waals surface area contributed by atoms with Crippen LogP contribution in [0.15, 0.2) is 53.3 Å². The standard InChI is InChI=1S/C15H12N4O3/c1-21-12-5-3-2-4-11(12)17-14(20)15-18-13(19-22-15)10-6-8-16-9-7-10/h2-9H,1H3,(H,17,20). The van der Waals surface area contributed by atoms with Gasteiger partial charge in [0.05, 0.1) is 12.8 Å². The molecule has 0 fully saturated rings. The van der Waals surface area contributed by atoms with Crippen molar-refractivity contribution in [3.8, 4) is 17.1 Å². The van der Waals surface area contributed by atoms with Crippen LogP contribution < -0.4 is 10.1 Å². The van der Waals surface area contributed by atoms with Crippen molar-refractivity contribution in [3.05, 3.63) is 54.7 Å². The van der Waals surface area contributed by atoms with Gasteiger partial charge in [-0.25, -0.2) is 0 Å². The zero-order chi connectivity index (χ0) is 15.4. The lowest BCUT2D eigenvalue weighted by Crippen LogP contribution is -2.13. The molecule has 3 rings (SSSR count). The van der Waals surface area contributed by atoms with E-state index in [0.717, 1.165) is 5.56 Å². The van der Waals surface area contributed by atoms with Gasteiger partial charge in [-0.2, -0.15) is 4.98 Å². The fourth-order valence-electron chi connectivity index (χ4n) is 1.86. The van der Waals surface area contributed by atoms with E-state index in [-0.39, 0.29) is 5.89 Å². The van der Waals surface area contributed by atoms with Crippen LogP contribution in [0.25, 0.3) is 11.4 Å². The molecule has 110 valence electrons. The monoisotopic (exact) mass is 296 g/mol. The highest BCUT2D eigenvalue weighted by molar-refractivity contribution is 6.01. The number of pyridine rings is 1. The van der Waals surface area contributed by atoms with E-state index in [1.807, 2.05) is 6.07 Å². The van der Waals surface area contributed by atoms with E-state index in [1.165, 1.54) is 7.11 Å². The zero-order valence-corrected chi connectivity index (χ0v) is 11.7. The first-order chi connectivity index (χ1) is 10.8. The van der Waals surface area contributed by atoms with Gasteiger partial charge in [0, 0.05) is 18.0 Å². The van der Waals surface area contributed by atoms with Crippen LogP contribution >= 0.6 is 0 Å². The van der Waals surface area contributed by atoms with Gasteiger partial charge in [0.1, 0.15) is 5.75 Å². The van der Waals surface area contributed by atoms with Crippen LogP contribution in [-0.2, 0) is 0 Å². The Hall–Kier alpha value is -3.22. The van der Waals surface area contributed by atoms with Gasteiger partial charge in [0.25, 0.3) is 0 Å². The second kappa shape index (κ2) is 6.04. The van der Waals surface area contributed by atoms with Gasteiger partial charge in [0.15, 0.2) is 0 Å². The molecule has 1 aromatic carbocycles. The molecule has 0 aliphatic heterocycles. The summed E-state index contributed by atoms with van der Waals surface area (Å²) in [6.07, 6.45) is 3.22. The number of rotatable bonds is 4. The molecule has 0 aliphatic carbocycles. The van der Waals surface area contributed by atoms with Crippen molar-refractivity contribution in [2.24, 2.45) is 0 Å². The number of nitrogens with zero attached hydrogens (tertiary/aromatic N) is 3. The lowest BCUT2D eigenvalue weighted by atomic mass is 10.2. The summed E-state index contributed by atoms with van der Waals surface area (Å²) in [5.74, 6) is 0.243. The van der Waals surface area contributed by atoms with Crippen LogP contribution in [0.5, 0.6) is 5.75 Å². The molecule has 2 aromatic heterocycles. The molecule has 0 saturated carbocycles. The third-order valence-corrected chi connectivity index (χ3v) is 2.91. The van der Waals surface area contributed by atoms with Gasteiger partial charge in [-0.15, -0.1) is 0 Å². The number of para-hydroxylation sites is 2. The molecular formula is C15H12N4O3. The van der Waals surface area contributed by atoms with E-state index in [1.54, 1.807) is 42.7 Å². The summed E-state index contributed by atoms with van der Waals surface area (Å²) in [5, 5.41) is 6.46. The van der Waals surface area contributed by atoms with Crippen LogP contribution in [0.3, 0.4) is 0 Å². The third-order valence-electron chi connectivity index (χ3n) is 2.91. The first-order valence-corrected chi connectivity index (χ1v) is 6.46. The van der Waals surface area contributed by atoms with E-state index in [9.17, 15) is 4.79 Å². The highest BCUT2D eigenvalue weighted by atomic mass is 16.5. The maximum Gasteiger partial charge on any atom is 0.316 e. The molecule has 1 N–H and O–H groups in total. The number of hydrogen-bond acceptors (Lipinski definition) is 6. The summed E-state index contributed by atoms with van der Waals surface area (Å²) in [4.78, 5) is 20.1. The van der Waals surface area contributed by atoms with Crippen LogP contribution in [0.2, 0.25) is 0 Å². The number of carbonyl (C=O) groups is 1. The first kappa shape index (κ1) is 13.7. The lowest BCUT2D eigenvalue weighted by molar-refractivity contribution is 0.0981. The second-order valence-corrected chi connectivity index (χ2v) is 4.31. The molecule has 7 heteroatoms. The van der Waals surface area contributed by atoms with Crippen molar-refractivity contribution < 1.29 is 14.1 Å². The van der Waals surface area contributed by atoms with Crippen LogP contribution in [0.1, 0.15) is 10.7 Å². The minimum Gasteiger partial charge on any atom is -0.495 e. The highest BCUT2D eigenvalue weighted by Crippen LogP contribution is 2.23. The highest BCUT2D eigenvalue weighted by Gasteiger charge is 2.17. The van der Waals surface area contributed by atoms with Crippen molar-refractivity contribution in [1.29, 1.82) is 0 Å². The molecule has 0 saturated heterocycles. The van der Waals surface area contributed by atoms with Gasteiger partial charge in [0.2, 0.25) is 5.82 Å². The summed E-state index contributed by atoms with van der Waals surface area (Å²) >= 11 is 0. The molecule has 0 spiro atoms. The maximum absolute atomic E-state index is 12.2. The number of amides is 1. The molecule has 7 nitrogen and oxygen atoms in total. The van der Waals surface area contributed by atoms with Crippen LogP contribution in [0, 0.1) is 0 Å². The average molecular weight is 296 g/mol. The molecule has 22 heavy (non-hydrogen) atoms. The van der Waals surface area contributed by atoms with Crippen molar-refractivity contribution in [3.63, 3.8) is 0 Å². The Labute approximate surface area is 126 Å². The molecule has 0 bridgehead atoms. The summed E-state index contributed by atoms with van der Waals surface area (Å²) in [6.45, 7) is 0. The number of anilines is 1. The van der Waals surface area contributed by atoms with E-state index in [0.29, 0.717) is 17.3 Å². The summed E-state index contributed by atoms with van der Waals surface area (Å²) in [7, 11) is 1.53. The Kier molecular flexibility index (Phi) is 3.78. The quantitative estimate of drug-likeness (QED) is 0.795. The number of benzene rings is 1. The largest absolute Gasteiger partial charge is 0.495 e. The molecular weight excluding hydrogens is 284 g/mol. The number of methoxy groups -OCH3 is 1. The number of carbonyl (C=O) groups excluding carboxylic acids is 1. The maximum atomic E-state index is 12.2. The molecule has 0 radical (unpaired) electrons. The Morgan fingerprint density at radius 1 is 1.18 bits per heavy atom. The predicted molar refractivity (Wildman–Crippen MR) is 78.5 cm³/mol. The van der Waals surface area contributed by atoms with Crippen molar-refractivity contribution in [2.75, 3.05) is 12.4 Å². The summed E-state index contributed by atoms with van der Waals surface area (Å²) < 4.78 is 10.2. The fourth-order valence-corrected chi connectivity index (χ4v) is 1.86. The van der Waals surface area contributed by atoms with E-state index >= 15 is 0 Å². The SMILES string of the molecule is COc1ccccc1NC(=O)c1nc(-c2ccncc2)no1. The van der Waals surface area contributed by atoms with E-state index in [4.69, 9.17) is 9.26 Å². The first-order valence-electron chi connectivity index (χ1n) is 6.46. The lowest BCUT2D eigenvalue weighted by Gasteiger charge is -2.07. The Bertz CT molecular complexity index is 786. The second-order valence-electron chi connectivity index (χ2n) is 4.31. The summed E-state index contributed by atoms with van der Waals surface area (Å²) in [6, 6.07) is 10.5. The Balaban J connectivity index is 1.80. The van der Waals surface area contributed by atoms with Gasteiger partial charge in [-0.1, -0.05) is 17.3 Å². The Morgan fingerprint density at radius 3 is 2.73 bits per heavy atom. The fraction of sp³-hybridized carbons (Fsp3) is 0.0667. The molecule has 1 amide bonds. The number of aromatic nitrogens is 3. The molecule has 2 heterocycles. The normalized spacial score (nSPS) is 10.2. The van der Waals surface area contributed by atoms with E-state index < -0.39 is 5.91 Å². The van der Waals surface area contributed by atoms with Gasteiger partial charge in [-0.05, 0) is 24.3 Å². The van der Waals surface area contributed by atoms with Crippen molar-refractivity contribution in [1.82, 2.24) is 15.1 Å². The topological polar surface area (TPSA) is 90.1 Å². The molecule has 0 unspecified atom stereocenters. The zero-order valence-electron chi connectivity index (χ0n) is 11.7. The minimum absolute atomic E-state index is 0.127. The van der Waals surface area contributed by atoms with Crippen molar-refractivity contribution in [2.45, 2.75) is 0 Å². The minimum atomic E-state index is -0.502. The van der Waals surface area contributed by atoms with Gasteiger partial charge < -0.3 is 14.6 Å². The smallest absolute Gasteiger partial charge is 0.316 e. The van der Waals surface area contributed by atoms with Crippen molar-refractivity contribution >= 4 is 11.6 Å². The van der Waals surface area contributed by atoms with Crippen LogP contribution in [-0.4, -0.2) is 28.1 Å².